The third-order valence-electron chi connectivity index (χ3n) is 3.17. The van der Waals surface area contributed by atoms with Gasteiger partial charge in [-0.3, -0.25) is 9.89 Å². The minimum Gasteiger partial charge on any atom is -0.383 e. The van der Waals surface area contributed by atoms with Gasteiger partial charge in [0, 0.05) is 18.1 Å². The predicted molar refractivity (Wildman–Crippen MR) is 74.1 cm³/mol. The van der Waals surface area contributed by atoms with Crippen molar-refractivity contribution in [2.24, 2.45) is 5.92 Å². The van der Waals surface area contributed by atoms with Gasteiger partial charge in [-0.25, -0.2) is 0 Å². The number of nitrogens with zero attached hydrogens (tertiary/aromatic N) is 1. The molecule has 2 aromatic rings. The zero-order valence-corrected chi connectivity index (χ0v) is 11.4. The van der Waals surface area contributed by atoms with Crippen LogP contribution in [-0.2, 0) is 4.74 Å². The molecule has 19 heavy (non-hydrogen) atoms. The molecular weight excluding hydrogens is 242 g/mol. The number of H-pyrrole nitrogens is 1. The molecule has 1 amide bonds. The van der Waals surface area contributed by atoms with E-state index < -0.39 is 0 Å². The summed E-state index contributed by atoms with van der Waals surface area (Å²) in [6.07, 6.45) is 1.73. The summed E-state index contributed by atoms with van der Waals surface area (Å²) >= 11 is 0. The number of fused-ring (bicyclic) bond motifs is 1. The van der Waals surface area contributed by atoms with Crippen molar-refractivity contribution in [3.8, 4) is 0 Å². The van der Waals surface area contributed by atoms with Gasteiger partial charge in [-0.15, -0.1) is 0 Å². The monoisotopic (exact) mass is 261 g/mol. The predicted octanol–water partition coefficient (Wildman–Crippen LogP) is 1.96. The highest BCUT2D eigenvalue weighted by Gasteiger charge is 2.17. The van der Waals surface area contributed by atoms with Gasteiger partial charge < -0.3 is 10.1 Å². The summed E-state index contributed by atoms with van der Waals surface area (Å²) in [6.45, 7) is 4.62. The Kier molecular flexibility index (Phi) is 4.16. The van der Waals surface area contributed by atoms with E-state index in [0.717, 1.165) is 10.9 Å². The number of hydrogen-bond acceptors (Lipinski definition) is 3. The lowest BCUT2D eigenvalue weighted by Gasteiger charge is -2.21. The fourth-order valence-electron chi connectivity index (χ4n) is 1.91. The Morgan fingerprint density at radius 3 is 2.95 bits per heavy atom. The highest BCUT2D eigenvalue weighted by molar-refractivity contribution is 5.97. The van der Waals surface area contributed by atoms with Gasteiger partial charge in [-0.1, -0.05) is 19.9 Å². The SMILES string of the molecule is COCC(NC(=O)c1ccc2cn[nH]c2c1)C(C)C. The van der Waals surface area contributed by atoms with E-state index in [1.165, 1.54) is 0 Å². The summed E-state index contributed by atoms with van der Waals surface area (Å²) in [5.41, 5.74) is 1.49. The first-order valence-electron chi connectivity index (χ1n) is 6.34. The van der Waals surface area contributed by atoms with Gasteiger partial charge in [0.25, 0.3) is 5.91 Å². The summed E-state index contributed by atoms with van der Waals surface area (Å²) in [5.74, 6) is 0.229. The third-order valence-corrected chi connectivity index (χ3v) is 3.17. The molecule has 1 aromatic carbocycles. The minimum atomic E-state index is -0.0905. The number of benzene rings is 1. The highest BCUT2D eigenvalue weighted by atomic mass is 16.5. The number of amides is 1. The zero-order valence-electron chi connectivity index (χ0n) is 11.4. The summed E-state index contributed by atoms with van der Waals surface area (Å²) in [7, 11) is 1.64. The largest absolute Gasteiger partial charge is 0.383 e. The molecule has 0 spiro atoms. The summed E-state index contributed by atoms with van der Waals surface area (Å²) in [5, 5.41) is 10.8. The molecule has 1 unspecified atom stereocenters. The Hall–Kier alpha value is -1.88. The number of hydrogen-bond donors (Lipinski definition) is 2. The van der Waals surface area contributed by atoms with E-state index in [9.17, 15) is 4.79 Å². The number of ether oxygens (including phenoxy) is 1. The Morgan fingerprint density at radius 2 is 2.26 bits per heavy atom. The van der Waals surface area contributed by atoms with Crippen LogP contribution in [0, 0.1) is 5.92 Å². The third kappa shape index (κ3) is 3.12. The zero-order chi connectivity index (χ0) is 13.8. The molecule has 1 atom stereocenters. The van der Waals surface area contributed by atoms with Crippen molar-refractivity contribution in [1.82, 2.24) is 15.5 Å². The van der Waals surface area contributed by atoms with Crippen molar-refractivity contribution >= 4 is 16.8 Å². The van der Waals surface area contributed by atoms with Gasteiger partial charge in [0.05, 0.1) is 24.4 Å². The molecule has 0 fully saturated rings. The Morgan fingerprint density at radius 1 is 1.47 bits per heavy atom. The van der Waals surface area contributed by atoms with Crippen LogP contribution in [0.1, 0.15) is 24.2 Å². The topological polar surface area (TPSA) is 67.0 Å². The van der Waals surface area contributed by atoms with Gasteiger partial charge in [0.15, 0.2) is 0 Å². The van der Waals surface area contributed by atoms with E-state index in [0.29, 0.717) is 18.1 Å². The summed E-state index contributed by atoms with van der Waals surface area (Å²) in [6, 6.07) is 5.50. The fraction of sp³-hybridized carbons (Fsp3) is 0.429. The average molecular weight is 261 g/mol. The van der Waals surface area contributed by atoms with Crippen molar-refractivity contribution in [2.45, 2.75) is 19.9 Å². The lowest BCUT2D eigenvalue weighted by molar-refractivity contribution is 0.0867. The van der Waals surface area contributed by atoms with Crippen molar-refractivity contribution < 1.29 is 9.53 Å². The normalized spacial score (nSPS) is 12.8. The molecule has 0 radical (unpaired) electrons. The van der Waals surface area contributed by atoms with E-state index >= 15 is 0 Å². The maximum Gasteiger partial charge on any atom is 0.251 e. The average Bonchev–Trinajstić information content (AvgIpc) is 2.85. The molecule has 0 saturated carbocycles. The first-order valence-corrected chi connectivity index (χ1v) is 6.34. The van der Waals surface area contributed by atoms with Gasteiger partial charge in [-0.05, 0) is 18.1 Å². The quantitative estimate of drug-likeness (QED) is 0.864. The number of aromatic nitrogens is 2. The second-order valence-electron chi connectivity index (χ2n) is 4.95. The number of methoxy groups -OCH3 is 1. The van der Waals surface area contributed by atoms with Crippen LogP contribution in [0.4, 0.5) is 0 Å². The van der Waals surface area contributed by atoms with Crippen LogP contribution in [0.2, 0.25) is 0 Å². The van der Waals surface area contributed by atoms with Crippen LogP contribution < -0.4 is 5.32 Å². The van der Waals surface area contributed by atoms with E-state index in [4.69, 9.17) is 4.74 Å². The standard InChI is InChI=1S/C14H19N3O2/c1-9(2)13(8-19-3)16-14(18)10-4-5-11-7-15-17-12(11)6-10/h4-7,9,13H,8H2,1-3H3,(H,15,17)(H,16,18). The molecule has 102 valence electrons. The molecule has 0 aliphatic heterocycles. The molecule has 1 aromatic heterocycles. The Bertz CT molecular complexity index is 563. The van der Waals surface area contributed by atoms with Crippen LogP contribution >= 0.6 is 0 Å². The van der Waals surface area contributed by atoms with Crippen molar-refractivity contribution in [3.05, 3.63) is 30.0 Å². The van der Waals surface area contributed by atoms with Crippen LogP contribution in [0.3, 0.4) is 0 Å². The van der Waals surface area contributed by atoms with Crippen molar-refractivity contribution in [3.63, 3.8) is 0 Å². The van der Waals surface area contributed by atoms with Crippen LogP contribution in [0.5, 0.6) is 0 Å². The molecule has 0 aliphatic rings. The van der Waals surface area contributed by atoms with E-state index in [1.807, 2.05) is 12.1 Å². The highest BCUT2D eigenvalue weighted by Crippen LogP contribution is 2.13. The molecular formula is C14H19N3O2. The number of rotatable bonds is 5. The van der Waals surface area contributed by atoms with Gasteiger partial charge in [0.1, 0.15) is 0 Å². The summed E-state index contributed by atoms with van der Waals surface area (Å²) < 4.78 is 5.13. The Balaban J connectivity index is 2.13. The molecule has 0 saturated heterocycles. The molecule has 1 heterocycles. The minimum absolute atomic E-state index is 0.00923. The first-order chi connectivity index (χ1) is 9.11. The summed E-state index contributed by atoms with van der Waals surface area (Å²) in [4.78, 5) is 12.2. The second kappa shape index (κ2) is 5.84. The van der Waals surface area contributed by atoms with E-state index in [-0.39, 0.29) is 11.9 Å². The number of carbonyl (C=O) groups is 1. The van der Waals surface area contributed by atoms with Crippen LogP contribution in [0.15, 0.2) is 24.4 Å². The van der Waals surface area contributed by atoms with Crippen molar-refractivity contribution in [1.29, 1.82) is 0 Å². The molecule has 2 rings (SSSR count). The molecule has 5 heteroatoms. The molecule has 2 N–H and O–H groups in total. The fourth-order valence-corrected chi connectivity index (χ4v) is 1.91. The van der Waals surface area contributed by atoms with E-state index in [1.54, 1.807) is 19.4 Å². The van der Waals surface area contributed by atoms with Gasteiger partial charge >= 0.3 is 0 Å². The number of nitrogens with one attached hydrogen (secondary N) is 2. The van der Waals surface area contributed by atoms with Gasteiger partial charge in [0.2, 0.25) is 0 Å². The smallest absolute Gasteiger partial charge is 0.251 e. The molecule has 0 bridgehead atoms. The Labute approximate surface area is 112 Å². The van der Waals surface area contributed by atoms with E-state index in [2.05, 4.69) is 29.4 Å². The maximum absolute atomic E-state index is 12.2. The lowest BCUT2D eigenvalue weighted by atomic mass is 10.0. The number of carbonyl (C=O) groups excluding carboxylic acids is 1. The maximum atomic E-state index is 12.2. The van der Waals surface area contributed by atoms with Gasteiger partial charge in [-0.2, -0.15) is 5.10 Å². The van der Waals surface area contributed by atoms with Crippen LogP contribution in [0.25, 0.3) is 10.9 Å². The molecule has 5 nitrogen and oxygen atoms in total. The molecule has 0 aliphatic carbocycles. The van der Waals surface area contributed by atoms with Crippen LogP contribution in [-0.4, -0.2) is 35.9 Å². The van der Waals surface area contributed by atoms with Crippen molar-refractivity contribution in [2.75, 3.05) is 13.7 Å². The lowest BCUT2D eigenvalue weighted by Crippen LogP contribution is -2.41. The number of aromatic amines is 1. The first kappa shape index (κ1) is 13.5. The second-order valence-corrected chi connectivity index (χ2v) is 4.95.